The molecule has 0 atom stereocenters. The number of nitrogens with zero attached hydrogens (tertiary/aromatic N) is 2. The second-order valence-electron chi connectivity index (χ2n) is 2.73. The largest absolute Gasteiger partial charge is 0.301 e. The molecular formula is C9H10N2. The van der Waals surface area contributed by atoms with Gasteiger partial charge in [-0.3, -0.25) is 0 Å². The van der Waals surface area contributed by atoms with E-state index in [4.69, 9.17) is 0 Å². The van der Waals surface area contributed by atoms with E-state index in [-0.39, 0.29) is 0 Å². The van der Waals surface area contributed by atoms with Gasteiger partial charge in [-0.2, -0.15) is 0 Å². The van der Waals surface area contributed by atoms with E-state index in [1.165, 1.54) is 11.2 Å². The van der Waals surface area contributed by atoms with Gasteiger partial charge in [0.2, 0.25) is 0 Å². The number of hydrogen-bond donors (Lipinski definition) is 0. The molecule has 2 aromatic rings. The highest BCUT2D eigenvalue weighted by molar-refractivity contribution is 5.46. The summed E-state index contributed by atoms with van der Waals surface area (Å²) in [4.78, 5) is 4.22. The van der Waals surface area contributed by atoms with Gasteiger partial charge in [-0.05, 0) is 26.0 Å². The maximum atomic E-state index is 4.22. The third kappa shape index (κ3) is 0.827. The van der Waals surface area contributed by atoms with Gasteiger partial charge in [0.15, 0.2) is 0 Å². The van der Waals surface area contributed by atoms with E-state index in [0.717, 1.165) is 5.82 Å². The lowest BCUT2D eigenvalue weighted by atomic mass is 10.3. The molecule has 0 aliphatic rings. The van der Waals surface area contributed by atoms with Crippen LogP contribution in [0, 0.1) is 13.8 Å². The van der Waals surface area contributed by atoms with Gasteiger partial charge < -0.3 is 4.40 Å². The van der Waals surface area contributed by atoms with Crippen molar-refractivity contribution >= 4 is 5.52 Å². The molecule has 0 fully saturated rings. The van der Waals surface area contributed by atoms with Crippen LogP contribution in [0.15, 0.2) is 24.4 Å². The molecule has 2 heteroatoms. The summed E-state index contributed by atoms with van der Waals surface area (Å²) >= 11 is 0. The van der Waals surface area contributed by atoms with E-state index in [2.05, 4.69) is 28.4 Å². The van der Waals surface area contributed by atoms with Gasteiger partial charge in [-0.15, -0.1) is 0 Å². The van der Waals surface area contributed by atoms with E-state index >= 15 is 0 Å². The Hall–Kier alpha value is -1.31. The van der Waals surface area contributed by atoms with Crippen LogP contribution in [0.3, 0.4) is 0 Å². The van der Waals surface area contributed by atoms with Crippen molar-refractivity contribution in [1.29, 1.82) is 0 Å². The van der Waals surface area contributed by atoms with Crippen LogP contribution in [-0.4, -0.2) is 9.38 Å². The Morgan fingerprint density at radius 1 is 1.27 bits per heavy atom. The number of aromatic nitrogens is 2. The zero-order valence-corrected chi connectivity index (χ0v) is 6.70. The predicted molar refractivity (Wildman–Crippen MR) is 44.7 cm³/mol. The van der Waals surface area contributed by atoms with Crippen LogP contribution in [0.5, 0.6) is 0 Å². The molecule has 0 spiro atoms. The predicted octanol–water partition coefficient (Wildman–Crippen LogP) is 1.95. The van der Waals surface area contributed by atoms with E-state index in [9.17, 15) is 0 Å². The molecule has 0 unspecified atom stereocenters. The van der Waals surface area contributed by atoms with Crippen molar-refractivity contribution in [3.8, 4) is 0 Å². The van der Waals surface area contributed by atoms with Gasteiger partial charge in [0.1, 0.15) is 5.82 Å². The maximum Gasteiger partial charge on any atom is 0.110 e. The highest BCUT2D eigenvalue weighted by Crippen LogP contribution is 2.08. The minimum atomic E-state index is 1.05. The van der Waals surface area contributed by atoms with Gasteiger partial charge in [-0.25, -0.2) is 4.98 Å². The SMILES string of the molecule is Cc1cccc2cnc(C)n12. The lowest BCUT2D eigenvalue weighted by Gasteiger charge is -1.99. The molecule has 2 heterocycles. The first-order valence-electron chi connectivity index (χ1n) is 3.69. The highest BCUT2D eigenvalue weighted by atomic mass is 15.0. The van der Waals surface area contributed by atoms with Crippen LogP contribution in [-0.2, 0) is 0 Å². The lowest BCUT2D eigenvalue weighted by molar-refractivity contribution is 0.996. The van der Waals surface area contributed by atoms with Crippen molar-refractivity contribution in [2.45, 2.75) is 13.8 Å². The van der Waals surface area contributed by atoms with Crippen LogP contribution in [0.1, 0.15) is 11.5 Å². The Bertz CT molecular complexity index is 387. The molecule has 0 radical (unpaired) electrons. The van der Waals surface area contributed by atoms with Crippen molar-refractivity contribution < 1.29 is 0 Å². The first kappa shape index (κ1) is 6.40. The molecule has 2 rings (SSSR count). The molecule has 0 N–H and O–H groups in total. The zero-order chi connectivity index (χ0) is 7.84. The van der Waals surface area contributed by atoms with Crippen LogP contribution in [0.4, 0.5) is 0 Å². The Labute approximate surface area is 65.5 Å². The summed E-state index contributed by atoms with van der Waals surface area (Å²) in [6, 6.07) is 6.19. The number of aryl methyl sites for hydroxylation is 2. The average molecular weight is 146 g/mol. The topological polar surface area (TPSA) is 17.3 Å². The number of fused-ring (bicyclic) bond motifs is 1. The zero-order valence-electron chi connectivity index (χ0n) is 6.70. The smallest absolute Gasteiger partial charge is 0.110 e. The molecule has 0 bridgehead atoms. The number of pyridine rings is 1. The van der Waals surface area contributed by atoms with Gasteiger partial charge in [0, 0.05) is 5.69 Å². The molecule has 0 aliphatic carbocycles. The minimum absolute atomic E-state index is 1.05. The fourth-order valence-electron chi connectivity index (χ4n) is 1.40. The van der Waals surface area contributed by atoms with Crippen LogP contribution in [0.25, 0.3) is 5.52 Å². The summed E-state index contributed by atoms with van der Waals surface area (Å²) in [6.07, 6.45) is 1.89. The summed E-state index contributed by atoms with van der Waals surface area (Å²) < 4.78 is 2.14. The minimum Gasteiger partial charge on any atom is -0.301 e. The Balaban J connectivity index is 2.96. The quantitative estimate of drug-likeness (QED) is 0.555. The van der Waals surface area contributed by atoms with Crippen LogP contribution < -0.4 is 0 Å². The Morgan fingerprint density at radius 3 is 2.82 bits per heavy atom. The number of hydrogen-bond acceptors (Lipinski definition) is 1. The first-order valence-corrected chi connectivity index (χ1v) is 3.69. The van der Waals surface area contributed by atoms with Gasteiger partial charge in [0.25, 0.3) is 0 Å². The van der Waals surface area contributed by atoms with E-state index in [1.54, 1.807) is 0 Å². The first-order chi connectivity index (χ1) is 5.29. The standard InChI is InChI=1S/C9H10N2/c1-7-4-3-5-9-6-10-8(2)11(7)9/h3-6H,1-2H3. The Morgan fingerprint density at radius 2 is 2.09 bits per heavy atom. The molecular weight excluding hydrogens is 136 g/mol. The van der Waals surface area contributed by atoms with Gasteiger partial charge in [-0.1, -0.05) is 6.07 Å². The average Bonchev–Trinajstić information content (AvgIpc) is 2.34. The highest BCUT2D eigenvalue weighted by Gasteiger charge is 1.98. The van der Waals surface area contributed by atoms with Gasteiger partial charge >= 0.3 is 0 Å². The fraction of sp³-hybridized carbons (Fsp3) is 0.222. The molecule has 0 amide bonds. The van der Waals surface area contributed by atoms with E-state index < -0.39 is 0 Å². The second kappa shape index (κ2) is 2.09. The van der Waals surface area contributed by atoms with Crippen molar-refractivity contribution in [2.75, 3.05) is 0 Å². The molecule has 2 aromatic heterocycles. The molecule has 11 heavy (non-hydrogen) atoms. The summed E-state index contributed by atoms with van der Waals surface area (Å²) in [5, 5.41) is 0. The van der Waals surface area contributed by atoms with E-state index in [1.807, 2.05) is 19.2 Å². The summed E-state index contributed by atoms with van der Waals surface area (Å²) in [6.45, 7) is 4.10. The van der Waals surface area contributed by atoms with Gasteiger partial charge in [0.05, 0.1) is 11.7 Å². The molecule has 56 valence electrons. The maximum absolute atomic E-state index is 4.22. The van der Waals surface area contributed by atoms with Crippen LogP contribution in [0.2, 0.25) is 0 Å². The molecule has 2 nitrogen and oxygen atoms in total. The number of imidazole rings is 1. The number of rotatable bonds is 0. The normalized spacial score (nSPS) is 10.7. The van der Waals surface area contributed by atoms with E-state index in [0.29, 0.717) is 0 Å². The van der Waals surface area contributed by atoms with Crippen molar-refractivity contribution in [3.05, 3.63) is 35.9 Å². The summed E-state index contributed by atoms with van der Waals surface area (Å²) in [7, 11) is 0. The summed E-state index contributed by atoms with van der Waals surface area (Å²) in [5.74, 6) is 1.05. The van der Waals surface area contributed by atoms with Crippen molar-refractivity contribution in [2.24, 2.45) is 0 Å². The molecule has 0 aliphatic heterocycles. The molecule has 0 aromatic carbocycles. The monoisotopic (exact) mass is 146 g/mol. The third-order valence-corrected chi connectivity index (χ3v) is 1.92. The lowest BCUT2D eigenvalue weighted by Crippen LogP contribution is -1.91. The fourth-order valence-corrected chi connectivity index (χ4v) is 1.40. The third-order valence-electron chi connectivity index (χ3n) is 1.92. The second-order valence-corrected chi connectivity index (χ2v) is 2.73. The van der Waals surface area contributed by atoms with Crippen LogP contribution >= 0.6 is 0 Å². The summed E-state index contributed by atoms with van der Waals surface area (Å²) in [5.41, 5.74) is 2.40. The molecule has 0 saturated heterocycles. The van der Waals surface area contributed by atoms with Crippen molar-refractivity contribution in [3.63, 3.8) is 0 Å². The van der Waals surface area contributed by atoms with Crippen molar-refractivity contribution in [1.82, 2.24) is 9.38 Å². The molecule has 0 saturated carbocycles. The Kier molecular flexibility index (Phi) is 1.22.